The summed E-state index contributed by atoms with van der Waals surface area (Å²) in [6, 6.07) is 0. The maximum atomic E-state index is 12.8. The molecule has 1 fully saturated rings. The normalized spacial score (nSPS) is 18.0. The van der Waals surface area contributed by atoms with Gasteiger partial charge in [0.1, 0.15) is 5.75 Å². The van der Waals surface area contributed by atoms with Gasteiger partial charge in [-0.3, -0.25) is 19.5 Å². The lowest BCUT2D eigenvalue weighted by Crippen LogP contribution is -2.46. The van der Waals surface area contributed by atoms with Gasteiger partial charge in [-0.1, -0.05) is 0 Å². The molecule has 1 saturated heterocycles. The summed E-state index contributed by atoms with van der Waals surface area (Å²) >= 11 is 0. The number of nitrogens with zero attached hydrogens (tertiary/aromatic N) is 3. The highest BCUT2D eigenvalue weighted by molar-refractivity contribution is 5.79. The molecular formula is C18H28N4O3. The first kappa shape index (κ1) is 19.2. The Balaban J connectivity index is 2.04. The van der Waals surface area contributed by atoms with Gasteiger partial charge in [0, 0.05) is 30.9 Å². The number of primary amides is 1. The maximum Gasteiger partial charge on any atom is 0.231 e. The van der Waals surface area contributed by atoms with Crippen LogP contribution in [0.1, 0.15) is 29.7 Å². The number of methoxy groups -OCH3 is 1. The lowest BCUT2D eigenvalue weighted by atomic mass is 9.96. The largest absolute Gasteiger partial charge is 0.496 e. The van der Waals surface area contributed by atoms with E-state index in [1.54, 1.807) is 25.3 Å². The van der Waals surface area contributed by atoms with Gasteiger partial charge in [-0.25, -0.2) is 0 Å². The summed E-state index contributed by atoms with van der Waals surface area (Å²) in [6.07, 6.45) is 3.50. The number of piperidine rings is 1. The van der Waals surface area contributed by atoms with Crippen molar-refractivity contribution < 1.29 is 14.3 Å². The molecule has 1 aromatic rings. The zero-order chi connectivity index (χ0) is 18.6. The van der Waals surface area contributed by atoms with Crippen molar-refractivity contribution in [2.45, 2.75) is 33.2 Å². The van der Waals surface area contributed by atoms with E-state index in [0.29, 0.717) is 13.1 Å². The van der Waals surface area contributed by atoms with E-state index in [9.17, 15) is 9.59 Å². The quantitative estimate of drug-likeness (QED) is 0.824. The number of nitrogens with two attached hydrogens (primary N) is 1. The smallest absolute Gasteiger partial charge is 0.231 e. The maximum absolute atomic E-state index is 12.8. The van der Waals surface area contributed by atoms with E-state index in [4.69, 9.17) is 10.5 Å². The Morgan fingerprint density at radius 3 is 2.80 bits per heavy atom. The number of likely N-dealkylation sites (tertiary alicyclic amines) is 1. The number of pyridine rings is 1. The van der Waals surface area contributed by atoms with Crippen molar-refractivity contribution >= 4 is 11.8 Å². The number of ether oxygens (including phenoxy) is 1. The number of carbonyl (C=O) groups excluding carboxylic acids is 2. The van der Waals surface area contributed by atoms with Crippen LogP contribution in [0.3, 0.4) is 0 Å². The minimum Gasteiger partial charge on any atom is -0.496 e. The fourth-order valence-electron chi connectivity index (χ4n) is 3.47. The summed E-state index contributed by atoms with van der Waals surface area (Å²) in [5.41, 5.74) is 8.04. The summed E-state index contributed by atoms with van der Waals surface area (Å²) in [5.74, 6) is 0.435. The molecule has 7 nitrogen and oxygen atoms in total. The summed E-state index contributed by atoms with van der Waals surface area (Å²) in [7, 11) is 3.44. The first-order valence-electron chi connectivity index (χ1n) is 8.58. The SMILES string of the molecule is COc1c(C)cnc(CN(C)C(=O)[C@H]2CCCN(CC(N)=O)C2)c1C. The number of rotatable bonds is 6. The van der Waals surface area contributed by atoms with Crippen LogP contribution in [-0.2, 0) is 16.1 Å². The average molecular weight is 348 g/mol. The van der Waals surface area contributed by atoms with Gasteiger partial charge in [0.2, 0.25) is 11.8 Å². The van der Waals surface area contributed by atoms with Crippen molar-refractivity contribution in [1.29, 1.82) is 0 Å². The Kier molecular flexibility index (Phi) is 6.36. The van der Waals surface area contributed by atoms with Gasteiger partial charge in [0.15, 0.2) is 0 Å². The van der Waals surface area contributed by atoms with Gasteiger partial charge >= 0.3 is 0 Å². The molecule has 1 aliphatic rings. The van der Waals surface area contributed by atoms with Crippen LogP contribution < -0.4 is 10.5 Å². The number of hydrogen-bond donors (Lipinski definition) is 1. The van der Waals surface area contributed by atoms with E-state index in [2.05, 4.69) is 4.98 Å². The van der Waals surface area contributed by atoms with Crippen molar-refractivity contribution in [2.24, 2.45) is 11.7 Å². The number of amides is 2. The minimum absolute atomic E-state index is 0.0786. The molecule has 25 heavy (non-hydrogen) atoms. The second-order valence-corrected chi connectivity index (χ2v) is 6.78. The molecule has 7 heteroatoms. The molecule has 0 unspecified atom stereocenters. The Hall–Kier alpha value is -2.15. The molecule has 1 aromatic heterocycles. The van der Waals surface area contributed by atoms with E-state index in [1.807, 2.05) is 18.7 Å². The van der Waals surface area contributed by atoms with Gasteiger partial charge in [-0.15, -0.1) is 0 Å². The van der Waals surface area contributed by atoms with Crippen LogP contribution >= 0.6 is 0 Å². The van der Waals surface area contributed by atoms with Gasteiger partial charge in [0.05, 0.1) is 31.8 Å². The standard InChI is InChI=1S/C18H28N4O3/c1-12-8-20-15(13(2)17(12)25-4)10-21(3)18(24)14-6-5-7-22(9-14)11-16(19)23/h8,14H,5-7,9-11H2,1-4H3,(H2,19,23)/t14-/m0/s1. The molecule has 0 radical (unpaired) electrons. The van der Waals surface area contributed by atoms with E-state index < -0.39 is 0 Å². The third-order valence-corrected chi connectivity index (χ3v) is 4.75. The van der Waals surface area contributed by atoms with Crippen LogP contribution in [0, 0.1) is 19.8 Å². The molecule has 0 spiro atoms. The van der Waals surface area contributed by atoms with Crippen LogP contribution in [0.4, 0.5) is 0 Å². The highest BCUT2D eigenvalue weighted by Gasteiger charge is 2.29. The average Bonchev–Trinajstić information content (AvgIpc) is 2.57. The number of aryl methyl sites for hydroxylation is 1. The molecule has 2 amide bonds. The lowest BCUT2D eigenvalue weighted by molar-refractivity contribution is -0.137. The number of carbonyl (C=O) groups is 2. The highest BCUT2D eigenvalue weighted by atomic mass is 16.5. The topological polar surface area (TPSA) is 88.8 Å². The summed E-state index contributed by atoms with van der Waals surface area (Å²) in [5, 5.41) is 0. The molecule has 0 saturated carbocycles. The first-order valence-corrected chi connectivity index (χ1v) is 8.58. The van der Waals surface area contributed by atoms with Crippen molar-refractivity contribution in [1.82, 2.24) is 14.8 Å². The van der Waals surface area contributed by atoms with E-state index in [-0.39, 0.29) is 24.3 Å². The number of aromatic nitrogens is 1. The Morgan fingerprint density at radius 1 is 1.44 bits per heavy atom. The molecule has 0 aliphatic carbocycles. The molecule has 2 N–H and O–H groups in total. The zero-order valence-corrected chi connectivity index (χ0v) is 15.5. The molecule has 1 aliphatic heterocycles. The van der Waals surface area contributed by atoms with Crippen LogP contribution in [0.5, 0.6) is 5.75 Å². The van der Waals surface area contributed by atoms with E-state index >= 15 is 0 Å². The van der Waals surface area contributed by atoms with Gasteiger partial charge in [0.25, 0.3) is 0 Å². The summed E-state index contributed by atoms with van der Waals surface area (Å²) < 4.78 is 5.43. The molecule has 138 valence electrons. The van der Waals surface area contributed by atoms with Crippen molar-refractivity contribution in [3.63, 3.8) is 0 Å². The predicted octanol–water partition coefficient (Wildman–Crippen LogP) is 0.863. The van der Waals surface area contributed by atoms with Crippen LogP contribution in [0.25, 0.3) is 0 Å². The van der Waals surface area contributed by atoms with Gasteiger partial charge < -0.3 is 15.4 Å². The van der Waals surface area contributed by atoms with Crippen molar-refractivity contribution in [2.75, 3.05) is 33.8 Å². The lowest BCUT2D eigenvalue weighted by Gasteiger charge is -2.33. The fraction of sp³-hybridized carbons (Fsp3) is 0.611. The molecule has 0 bridgehead atoms. The van der Waals surface area contributed by atoms with Gasteiger partial charge in [-0.05, 0) is 33.2 Å². The third-order valence-electron chi connectivity index (χ3n) is 4.75. The van der Waals surface area contributed by atoms with E-state index in [0.717, 1.165) is 42.0 Å². The van der Waals surface area contributed by atoms with Crippen molar-refractivity contribution in [3.8, 4) is 5.75 Å². The monoisotopic (exact) mass is 348 g/mol. The number of hydrogen-bond acceptors (Lipinski definition) is 5. The van der Waals surface area contributed by atoms with Crippen LogP contribution in [0.2, 0.25) is 0 Å². The fourth-order valence-corrected chi connectivity index (χ4v) is 3.47. The summed E-state index contributed by atoms with van der Waals surface area (Å²) in [4.78, 5) is 32.0. The second-order valence-electron chi connectivity index (χ2n) is 6.78. The van der Waals surface area contributed by atoms with E-state index in [1.165, 1.54) is 0 Å². The Labute approximate surface area is 149 Å². The summed E-state index contributed by atoms with van der Waals surface area (Å²) in [6.45, 7) is 5.95. The molecular weight excluding hydrogens is 320 g/mol. The van der Waals surface area contributed by atoms with Crippen LogP contribution in [-0.4, -0.2) is 60.4 Å². The predicted molar refractivity (Wildman–Crippen MR) is 95.1 cm³/mol. The third kappa shape index (κ3) is 4.69. The highest BCUT2D eigenvalue weighted by Crippen LogP contribution is 2.25. The van der Waals surface area contributed by atoms with Gasteiger partial charge in [-0.2, -0.15) is 0 Å². The van der Waals surface area contributed by atoms with Crippen molar-refractivity contribution in [3.05, 3.63) is 23.0 Å². The Morgan fingerprint density at radius 2 is 2.16 bits per heavy atom. The molecule has 1 atom stereocenters. The Bertz CT molecular complexity index is 647. The minimum atomic E-state index is -0.354. The molecule has 0 aromatic carbocycles. The molecule has 2 rings (SSSR count). The second kappa shape index (κ2) is 8.29. The van der Waals surface area contributed by atoms with Crippen LogP contribution in [0.15, 0.2) is 6.20 Å². The first-order chi connectivity index (χ1) is 11.8. The zero-order valence-electron chi connectivity index (χ0n) is 15.5. The molecule has 2 heterocycles.